The van der Waals surface area contributed by atoms with Gasteiger partial charge in [-0.3, -0.25) is 19.8 Å². The fourth-order valence-electron chi connectivity index (χ4n) is 3.18. The number of imide groups is 2. The van der Waals surface area contributed by atoms with E-state index in [2.05, 4.69) is 17.8 Å². The largest absolute Gasteiger partial charge is 0.490 e. The summed E-state index contributed by atoms with van der Waals surface area (Å²) in [6, 6.07) is 5.85. The Labute approximate surface area is 185 Å². The smallest absolute Gasteiger partial charge is 0.331 e. The number of nitrogens with zero attached hydrogens (tertiary/aromatic N) is 1. The van der Waals surface area contributed by atoms with Gasteiger partial charge in [-0.25, -0.2) is 4.79 Å². The molecule has 1 aromatic heterocycles. The van der Waals surface area contributed by atoms with Gasteiger partial charge in [0.15, 0.2) is 11.5 Å². The van der Waals surface area contributed by atoms with Crippen molar-refractivity contribution in [1.82, 2.24) is 10.2 Å². The Balaban J connectivity index is 2.01. The Hall–Kier alpha value is -4.25. The summed E-state index contributed by atoms with van der Waals surface area (Å²) in [6.07, 6.45) is 10.3. The van der Waals surface area contributed by atoms with Crippen molar-refractivity contribution in [2.45, 2.75) is 19.9 Å². The number of furan rings is 1. The highest BCUT2D eigenvalue weighted by molar-refractivity contribution is 6.30. The van der Waals surface area contributed by atoms with Gasteiger partial charge in [-0.05, 0) is 49.2 Å². The molecule has 0 radical (unpaired) electrons. The van der Waals surface area contributed by atoms with E-state index in [0.717, 1.165) is 10.5 Å². The first-order chi connectivity index (χ1) is 15.5. The number of hydrogen-bond acceptors (Lipinski definition) is 6. The van der Waals surface area contributed by atoms with Gasteiger partial charge in [0.2, 0.25) is 0 Å². The van der Waals surface area contributed by atoms with Gasteiger partial charge < -0.3 is 13.9 Å². The number of carbonyl (C=O) groups is 3. The number of rotatable bonds is 9. The maximum atomic E-state index is 12.9. The highest BCUT2D eigenvalue weighted by Crippen LogP contribution is 2.35. The molecule has 3 rings (SSSR count). The summed E-state index contributed by atoms with van der Waals surface area (Å²) in [7, 11) is 0. The molecular formula is C24H22N2O6. The number of ether oxygens (including phenoxy) is 2. The first kappa shape index (κ1) is 22.4. The third-order valence-electron chi connectivity index (χ3n) is 4.51. The van der Waals surface area contributed by atoms with Crippen LogP contribution < -0.4 is 14.8 Å². The number of nitrogens with one attached hydrogen (secondary N) is 1. The second-order valence-electron chi connectivity index (χ2n) is 6.71. The molecule has 8 nitrogen and oxygen atoms in total. The molecule has 4 amide bonds. The van der Waals surface area contributed by atoms with Crippen LogP contribution in [0, 0.1) is 12.3 Å². The number of urea groups is 1. The Kier molecular flexibility index (Phi) is 7.13. The highest BCUT2D eigenvalue weighted by atomic mass is 16.5. The van der Waals surface area contributed by atoms with Gasteiger partial charge in [-0.15, -0.1) is 13.0 Å². The van der Waals surface area contributed by atoms with Crippen LogP contribution in [0.4, 0.5) is 4.79 Å². The van der Waals surface area contributed by atoms with Gasteiger partial charge in [0.1, 0.15) is 17.9 Å². The molecule has 1 saturated heterocycles. The molecule has 0 unspecified atom stereocenters. The lowest BCUT2D eigenvalue weighted by molar-refractivity contribution is -0.130. The topological polar surface area (TPSA) is 98.1 Å². The van der Waals surface area contributed by atoms with E-state index >= 15 is 0 Å². The van der Waals surface area contributed by atoms with E-state index in [1.54, 1.807) is 30.3 Å². The number of carbonyl (C=O) groups excluding carboxylic acids is 3. The number of benzene rings is 1. The molecule has 164 valence electrons. The zero-order valence-electron chi connectivity index (χ0n) is 17.6. The SMILES string of the molecule is C#CCOc1c(CC=C)cc(/C=C2\C(=O)NC(=O)N(Cc3ccco3)C2=O)cc1OCC. The van der Waals surface area contributed by atoms with Crippen LogP contribution in [0.1, 0.15) is 23.8 Å². The van der Waals surface area contributed by atoms with Crippen LogP contribution in [0.25, 0.3) is 6.08 Å². The standard InChI is InChI=1S/C24H22N2O6/c1-4-8-17-12-16(14-20(30-6-3)21(17)32-10-5-2)13-19-22(27)25-24(29)26(23(19)28)15-18-9-7-11-31-18/h2,4,7,9,11-14H,1,6,8,10,15H2,3H3,(H,25,27,29)/b19-13+. The predicted molar refractivity (Wildman–Crippen MR) is 117 cm³/mol. The van der Waals surface area contributed by atoms with E-state index in [4.69, 9.17) is 20.3 Å². The summed E-state index contributed by atoms with van der Waals surface area (Å²) in [6.45, 7) is 5.88. The van der Waals surface area contributed by atoms with E-state index < -0.39 is 17.8 Å². The Morgan fingerprint density at radius 2 is 2.09 bits per heavy atom. The maximum Gasteiger partial charge on any atom is 0.331 e. The molecule has 0 aliphatic carbocycles. The lowest BCUT2D eigenvalue weighted by atomic mass is 10.0. The quantitative estimate of drug-likeness (QED) is 0.282. The number of amides is 4. The molecule has 2 aromatic rings. The Morgan fingerprint density at radius 1 is 1.28 bits per heavy atom. The normalized spacial score (nSPS) is 14.8. The maximum absolute atomic E-state index is 12.9. The molecule has 2 heterocycles. The summed E-state index contributed by atoms with van der Waals surface area (Å²) >= 11 is 0. The minimum Gasteiger partial charge on any atom is -0.490 e. The summed E-state index contributed by atoms with van der Waals surface area (Å²) in [5.74, 6) is 2.20. The monoisotopic (exact) mass is 434 g/mol. The minimum atomic E-state index is -0.811. The first-order valence-electron chi connectivity index (χ1n) is 9.86. The summed E-state index contributed by atoms with van der Waals surface area (Å²) in [4.78, 5) is 38.5. The molecule has 1 aliphatic rings. The van der Waals surface area contributed by atoms with E-state index in [1.807, 2.05) is 6.92 Å². The lowest BCUT2D eigenvalue weighted by Gasteiger charge is -2.25. The van der Waals surface area contributed by atoms with E-state index in [0.29, 0.717) is 35.9 Å². The van der Waals surface area contributed by atoms with Crippen LogP contribution in [0.2, 0.25) is 0 Å². The second kappa shape index (κ2) is 10.2. The molecule has 0 bridgehead atoms. The molecule has 1 N–H and O–H groups in total. The number of barbiturate groups is 1. The van der Waals surface area contributed by atoms with Crippen LogP contribution in [0.5, 0.6) is 11.5 Å². The third kappa shape index (κ3) is 4.90. The van der Waals surface area contributed by atoms with Gasteiger partial charge in [-0.1, -0.05) is 12.0 Å². The lowest BCUT2D eigenvalue weighted by Crippen LogP contribution is -2.53. The molecule has 32 heavy (non-hydrogen) atoms. The van der Waals surface area contributed by atoms with Crippen LogP contribution >= 0.6 is 0 Å². The second-order valence-corrected chi connectivity index (χ2v) is 6.71. The average molecular weight is 434 g/mol. The molecule has 0 saturated carbocycles. The first-order valence-corrected chi connectivity index (χ1v) is 9.86. The highest BCUT2D eigenvalue weighted by Gasteiger charge is 2.36. The van der Waals surface area contributed by atoms with Crippen molar-refractivity contribution in [3.8, 4) is 23.8 Å². The number of hydrogen-bond donors (Lipinski definition) is 1. The molecule has 1 aromatic carbocycles. The van der Waals surface area contributed by atoms with E-state index in [-0.39, 0.29) is 18.7 Å². The van der Waals surface area contributed by atoms with Crippen LogP contribution in [-0.2, 0) is 22.6 Å². The van der Waals surface area contributed by atoms with Gasteiger partial charge in [-0.2, -0.15) is 0 Å². The van der Waals surface area contributed by atoms with Crippen molar-refractivity contribution in [2.24, 2.45) is 0 Å². The van der Waals surface area contributed by atoms with Gasteiger partial charge in [0.25, 0.3) is 11.8 Å². The third-order valence-corrected chi connectivity index (χ3v) is 4.51. The molecule has 0 spiro atoms. The van der Waals surface area contributed by atoms with Crippen LogP contribution in [-0.4, -0.2) is 36.0 Å². The van der Waals surface area contributed by atoms with Crippen molar-refractivity contribution in [3.63, 3.8) is 0 Å². The van der Waals surface area contributed by atoms with Gasteiger partial charge in [0, 0.05) is 5.56 Å². The summed E-state index contributed by atoms with van der Waals surface area (Å²) in [5, 5.41) is 2.18. The number of terminal acetylenes is 1. The Morgan fingerprint density at radius 3 is 2.75 bits per heavy atom. The average Bonchev–Trinajstić information content (AvgIpc) is 3.27. The minimum absolute atomic E-state index is 0.0510. The van der Waals surface area contributed by atoms with Crippen molar-refractivity contribution >= 4 is 23.9 Å². The molecular weight excluding hydrogens is 412 g/mol. The van der Waals surface area contributed by atoms with Crippen molar-refractivity contribution in [2.75, 3.05) is 13.2 Å². The fourth-order valence-corrected chi connectivity index (χ4v) is 3.18. The predicted octanol–water partition coefficient (Wildman–Crippen LogP) is 3.08. The molecule has 1 fully saturated rings. The van der Waals surface area contributed by atoms with Gasteiger partial charge in [0.05, 0.1) is 19.4 Å². The fraction of sp³-hybridized carbons (Fsp3) is 0.208. The zero-order valence-corrected chi connectivity index (χ0v) is 17.6. The van der Waals surface area contributed by atoms with E-state index in [1.165, 1.54) is 12.3 Å². The van der Waals surface area contributed by atoms with Crippen molar-refractivity contribution < 1.29 is 28.3 Å². The summed E-state index contributed by atoms with van der Waals surface area (Å²) in [5.41, 5.74) is 1.05. The summed E-state index contributed by atoms with van der Waals surface area (Å²) < 4.78 is 16.6. The Bertz CT molecular complexity index is 1110. The molecule has 0 atom stereocenters. The van der Waals surface area contributed by atoms with Crippen molar-refractivity contribution in [3.05, 3.63) is 65.6 Å². The number of allylic oxidation sites excluding steroid dienone is 1. The molecule has 1 aliphatic heterocycles. The van der Waals surface area contributed by atoms with Crippen LogP contribution in [0.3, 0.4) is 0 Å². The van der Waals surface area contributed by atoms with E-state index in [9.17, 15) is 14.4 Å². The van der Waals surface area contributed by atoms with Gasteiger partial charge >= 0.3 is 6.03 Å². The van der Waals surface area contributed by atoms with Crippen molar-refractivity contribution in [1.29, 1.82) is 0 Å². The zero-order chi connectivity index (χ0) is 23.1. The van der Waals surface area contributed by atoms with Crippen LogP contribution in [0.15, 0.2) is 53.2 Å². The molecule has 8 heteroatoms.